The van der Waals surface area contributed by atoms with E-state index in [1.54, 1.807) is 0 Å². The van der Waals surface area contributed by atoms with Gasteiger partial charge in [0.25, 0.3) is 0 Å². The Morgan fingerprint density at radius 3 is 3.00 bits per heavy atom. The predicted octanol–water partition coefficient (Wildman–Crippen LogP) is 4.67. The van der Waals surface area contributed by atoms with Gasteiger partial charge in [-0.15, -0.1) is 0 Å². The Labute approximate surface area is 134 Å². The van der Waals surface area contributed by atoms with Crippen LogP contribution in [0.2, 0.25) is 10.3 Å². The van der Waals surface area contributed by atoms with Gasteiger partial charge in [-0.1, -0.05) is 41.4 Å². The van der Waals surface area contributed by atoms with Crippen molar-refractivity contribution in [2.24, 2.45) is 0 Å². The standard InChI is InChI=1S/C16H17Cl2N3/c1-10-8-13(17)21-16(18)14(10)20-9-12-5-2-4-11-6-3-7-19-15(11)12/h2,4-5,8,19-20H,3,6-7,9H2,1H3. The lowest BCUT2D eigenvalue weighted by atomic mass is 9.99. The highest BCUT2D eigenvalue weighted by atomic mass is 35.5. The van der Waals surface area contributed by atoms with Gasteiger partial charge >= 0.3 is 0 Å². The molecule has 0 atom stereocenters. The van der Waals surface area contributed by atoms with Crippen molar-refractivity contribution in [2.45, 2.75) is 26.3 Å². The van der Waals surface area contributed by atoms with E-state index in [9.17, 15) is 0 Å². The summed E-state index contributed by atoms with van der Waals surface area (Å²) in [6.45, 7) is 3.72. The maximum Gasteiger partial charge on any atom is 0.154 e. The zero-order chi connectivity index (χ0) is 14.8. The molecular weight excluding hydrogens is 305 g/mol. The van der Waals surface area contributed by atoms with Crippen molar-refractivity contribution in [3.05, 3.63) is 51.3 Å². The molecule has 21 heavy (non-hydrogen) atoms. The summed E-state index contributed by atoms with van der Waals surface area (Å²) in [6, 6.07) is 8.25. The van der Waals surface area contributed by atoms with Gasteiger partial charge in [0.2, 0.25) is 0 Å². The van der Waals surface area contributed by atoms with Crippen LogP contribution in [0.15, 0.2) is 24.3 Å². The molecule has 0 spiro atoms. The maximum absolute atomic E-state index is 6.17. The second-order valence-electron chi connectivity index (χ2n) is 5.26. The number of nitrogens with zero attached hydrogens (tertiary/aromatic N) is 1. The molecule has 2 N–H and O–H groups in total. The van der Waals surface area contributed by atoms with Gasteiger partial charge in [-0.05, 0) is 42.5 Å². The summed E-state index contributed by atoms with van der Waals surface area (Å²) < 4.78 is 0. The molecule has 3 rings (SSSR count). The van der Waals surface area contributed by atoms with Gasteiger partial charge in [0.05, 0.1) is 5.69 Å². The van der Waals surface area contributed by atoms with Gasteiger partial charge in [-0.3, -0.25) is 0 Å². The number of benzene rings is 1. The van der Waals surface area contributed by atoms with Crippen LogP contribution in [-0.4, -0.2) is 11.5 Å². The number of halogens is 2. The Balaban J connectivity index is 1.83. The van der Waals surface area contributed by atoms with Crippen molar-refractivity contribution in [1.29, 1.82) is 0 Å². The number of pyridine rings is 1. The number of rotatable bonds is 3. The number of fused-ring (bicyclic) bond motifs is 1. The molecule has 0 saturated carbocycles. The van der Waals surface area contributed by atoms with Gasteiger partial charge in [0.1, 0.15) is 5.15 Å². The first-order valence-corrected chi connectivity index (χ1v) is 7.82. The van der Waals surface area contributed by atoms with E-state index in [1.165, 1.54) is 23.2 Å². The molecule has 3 nitrogen and oxygen atoms in total. The molecule has 0 amide bonds. The Kier molecular flexibility index (Phi) is 4.22. The number of para-hydroxylation sites is 1. The maximum atomic E-state index is 6.17. The first kappa shape index (κ1) is 14.5. The number of aryl methyl sites for hydroxylation is 2. The fourth-order valence-corrected chi connectivity index (χ4v) is 3.32. The third kappa shape index (κ3) is 3.09. The average Bonchev–Trinajstić information content (AvgIpc) is 2.46. The monoisotopic (exact) mass is 321 g/mol. The minimum atomic E-state index is 0.415. The summed E-state index contributed by atoms with van der Waals surface area (Å²) in [5, 5.41) is 7.71. The van der Waals surface area contributed by atoms with E-state index < -0.39 is 0 Å². The summed E-state index contributed by atoms with van der Waals surface area (Å²) in [5.41, 5.74) is 5.73. The smallest absolute Gasteiger partial charge is 0.154 e. The molecule has 0 aliphatic carbocycles. The fraction of sp³-hybridized carbons (Fsp3) is 0.312. The van der Waals surface area contributed by atoms with Gasteiger partial charge < -0.3 is 10.6 Å². The molecule has 0 fully saturated rings. The SMILES string of the molecule is Cc1cc(Cl)nc(Cl)c1NCc1cccc2c1NCCC2. The molecule has 1 aromatic heterocycles. The fourth-order valence-electron chi connectivity index (χ4n) is 2.72. The Hall–Kier alpha value is -1.45. The molecule has 1 aliphatic rings. The third-order valence-electron chi connectivity index (χ3n) is 3.76. The van der Waals surface area contributed by atoms with Gasteiger partial charge in [0, 0.05) is 18.8 Å². The molecule has 0 unspecified atom stereocenters. The summed E-state index contributed by atoms with van der Waals surface area (Å²) in [6.07, 6.45) is 2.33. The highest BCUT2D eigenvalue weighted by Crippen LogP contribution is 2.30. The van der Waals surface area contributed by atoms with Crippen molar-refractivity contribution in [3.8, 4) is 0 Å². The number of nitrogens with one attached hydrogen (secondary N) is 2. The van der Waals surface area contributed by atoms with Crippen LogP contribution in [0.1, 0.15) is 23.1 Å². The van der Waals surface area contributed by atoms with Crippen molar-refractivity contribution < 1.29 is 0 Å². The number of anilines is 2. The van der Waals surface area contributed by atoms with Gasteiger partial charge in [-0.25, -0.2) is 4.98 Å². The summed E-state index contributed by atoms with van der Waals surface area (Å²) in [5.74, 6) is 0. The van der Waals surface area contributed by atoms with E-state index in [-0.39, 0.29) is 0 Å². The number of aromatic nitrogens is 1. The highest BCUT2D eigenvalue weighted by Gasteiger charge is 2.13. The topological polar surface area (TPSA) is 37.0 Å². The van der Waals surface area contributed by atoms with E-state index in [4.69, 9.17) is 23.2 Å². The van der Waals surface area contributed by atoms with Crippen LogP contribution in [0.3, 0.4) is 0 Å². The predicted molar refractivity (Wildman–Crippen MR) is 89.6 cm³/mol. The second-order valence-corrected chi connectivity index (χ2v) is 6.01. The third-order valence-corrected chi connectivity index (χ3v) is 4.23. The van der Waals surface area contributed by atoms with Crippen LogP contribution in [0, 0.1) is 6.92 Å². The first-order valence-electron chi connectivity index (χ1n) is 7.06. The molecule has 2 aromatic rings. The summed E-state index contributed by atoms with van der Waals surface area (Å²) in [7, 11) is 0. The zero-order valence-corrected chi connectivity index (χ0v) is 13.4. The molecule has 0 radical (unpaired) electrons. The Bertz CT molecular complexity index is 648. The van der Waals surface area contributed by atoms with Crippen LogP contribution in [-0.2, 0) is 13.0 Å². The van der Waals surface area contributed by atoms with Crippen molar-refractivity contribution in [3.63, 3.8) is 0 Å². The van der Waals surface area contributed by atoms with Gasteiger partial charge in [0.15, 0.2) is 5.15 Å². The lowest BCUT2D eigenvalue weighted by molar-refractivity contribution is 0.825. The van der Waals surface area contributed by atoms with Crippen molar-refractivity contribution >= 4 is 34.6 Å². The minimum absolute atomic E-state index is 0.415. The molecule has 2 heterocycles. The van der Waals surface area contributed by atoms with Crippen LogP contribution < -0.4 is 10.6 Å². The van der Waals surface area contributed by atoms with E-state index in [0.717, 1.165) is 24.2 Å². The average molecular weight is 322 g/mol. The van der Waals surface area contributed by atoms with Crippen LogP contribution in [0.25, 0.3) is 0 Å². The molecule has 0 saturated heterocycles. The van der Waals surface area contributed by atoms with E-state index in [0.29, 0.717) is 16.9 Å². The normalized spacial score (nSPS) is 13.5. The quantitative estimate of drug-likeness (QED) is 0.807. The molecule has 0 bridgehead atoms. The molecule has 1 aromatic carbocycles. The van der Waals surface area contributed by atoms with Crippen LogP contribution >= 0.6 is 23.2 Å². The molecular formula is C16H17Cl2N3. The van der Waals surface area contributed by atoms with Crippen molar-refractivity contribution in [2.75, 3.05) is 17.2 Å². The van der Waals surface area contributed by atoms with E-state index in [2.05, 4.69) is 33.8 Å². The van der Waals surface area contributed by atoms with E-state index in [1.807, 2.05) is 13.0 Å². The lowest BCUT2D eigenvalue weighted by Crippen LogP contribution is -2.15. The van der Waals surface area contributed by atoms with E-state index >= 15 is 0 Å². The van der Waals surface area contributed by atoms with Gasteiger partial charge in [-0.2, -0.15) is 0 Å². The summed E-state index contributed by atoms with van der Waals surface area (Å²) in [4.78, 5) is 4.09. The number of hydrogen-bond acceptors (Lipinski definition) is 3. The molecule has 1 aliphatic heterocycles. The lowest BCUT2D eigenvalue weighted by Gasteiger charge is -2.22. The molecule has 110 valence electrons. The van der Waals surface area contributed by atoms with Crippen molar-refractivity contribution in [1.82, 2.24) is 4.98 Å². The largest absolute Gasteiger partial charge is 0.385 e. The van der Waals surface area contributed by atoms with Crippen LogP contribution in [0.4, 0.5) is 11.4 Å². The highest BCUT2D eigenvalue weighted by molar-refractivity contribution is 6.34. The second kappa shape index (κ2) is 6.12. The number of hydrogen-bond donors (Lipinski definition) is 2. The Morgan fingerprint density at radius 2 is 2.19 bits per heavy atom. The molecule has 5 heteroatoms. The first-order chi connectivity index (χ1) is 10.1. The zero-order valence-electron chi connectivity index (χ0n) is 11.8. The minimum Gasteiger partial charge on any atom is -0.385 e. The van der Waals surface area contributed by atoms with Crippen LogP contribution in [0.5, 0.6) is 0 Å². The summed E-state index contributed by atoms with van der Waals surface area (Å²) >= 11 is 12.1. The Morgan fingerprint density at radius 1 is 1.33 bits per heavy atom.